The Labute approximate surface area is 123 Å². The standard InChI is InChI=1S/C15H15N3O2S/c1-10-4-3-5-13-14(10)18(15(16)17-13)11-6-8-12(9-7-11)21(2,19)20/h3-9H,1-2H3,(H2,16,17). The van der Waals surface area contributed by atoms with Crippen LogP contribution < -0.4 is 5.73 Å². The van der Waals surface area contributed by atoms with Crippen molar-refractivity contribution >= 4 is 26.8 Å². The molecule has 0 saturated carbocycles. The van der Waals surface area contributed by atoms with Crippen molar-refractivity contribution in [1.82, 2.24) is 9.55 Å². The summed E-state index contributed by atoms with van der Waals surface area (Å²) >= 11 is 0. The molecular weight excluding hydrogens is 286 g/mol. The number of aromatic nitrogens is 2. The van der Waals surface area contributed by atoms with Gasteiger partial charge in [0, 0.05) is 11.9 Å². The molecule has 3 rings (SSSR count). The minimum absolute atomic E-state index is 0.283. The topological polar surface area (TPSA) is 78.0 Å². The van der Waals surface area contributed by atoms with Gasteiger partial charge in [0.2, 0.25) is 5.95 Å². The van der Waals surface area contributed by atoms with Crippen LogP contribution in [0.25, 0.3) is 16.7 Å². The van der Waals surface area contributed by atoms with E-state index in [9.17, 15) is 8.42 Å². The molecule has 0 atom stereocenters. The van der Waals surface area contributed by atoms with Crippen LogP contribution >= 0.6 is 0 Å². The Morgan fingerprint density at radius 3 is 2.38 bits per heavy atom. The van der Waals surface area contributed by atoms with Crippen LogP contribution in [-0.2, 0) is 9.84 Å². The molecule has 0 fully saturated rings. The Hall–Kier alpha value is -2.34. The predicted molar refractivity (Wildman–Crippen MR) is 83.3 cm³/mol. The van der Waals surface area contributed by atoms with Gasteiger partial charge >= 0.3 is 0 Å². The van der Waals surface area contributed by atoms with Crippen molar-refractivity contribution in [2.24, 2.45) is 0 Å². The van der Waals surface area contributed by atoms with Crippen molar-refractivity contribution in [2.45, 2.75) is 11.8 Å². The van der Waals surface area contributed by atoms with Crippen LogP contribution in [0.1, 0.15) is 5.56 Å². The number of hydrogen-bond acceptors (Lipinski definition) is 4. The number of rotatable bonds is 2. The zero-order chi connectivity index (χ0) is 15.2. The predicted octanol–water partition coefficient (Wildman–Crippen LogP) is 2.32. The molecule has 1 heterocycles. The van der Waals surface area contributed by atoms with E-state index in [0.717, 1.165) is 22.3 Å². The third kappa shape index (κ3) is 2.27. The first-order valence-electron chi connectivity index (χ1n) is 6.42. The fourth-order valence-corrected chi connectivity index (χ4v) is 3.05. The SMILES string of the molecule is Cc1cccc2nc(N)n(-c3ccc(S(C)(=O)=O)cc3)c12. The molecule has 5 nitrogen and oxygen atoms in total. The molecule has 2 aromatic carbocycles. The lowest BCUT2D eigenvalue weighted by atomic mass is 10.2. The molecule has 0 aliphatic rings. The van der Waals surface area contributed by atoms with E-state index in [0.29, 0.717) is 5.95 Å². The molecule has 6 heteroatoms. The van der Waals surface area contributed by atoms with Crippen LogP contribution in [0.4, 0.5) is 5.95 Å². The van der Waals surface area contributed by atoms with Gasteiger partial charge in [-0.1, -0.05) is 12.1 Å². The third-order valence-corrected chi connectivity index (χ3v) is 4.56. The Bertz CT molecular complexity index is 925. The number of nitrogen functional groups attached to an aromatic ring is 1. The van der Waals surface area contributed by atoms with E-state index in [1.54, 1.807) is 24.3 Å². The van der Waals surface area contributed by atoms with Crippen molar-refractivity contribution in [3.05, 3.63) is 48.0 Å². The van der Waals surface area contributed by atoms with Crippen LogP contribution in [-0.4, -0.2) is 24.2 Å². The lowest BCUT2D eigenvalue weighted by Gasteiger charge is -2.09. The van der Waals surface area contributed by atoms with E-state index >= 15 is 0 Å². The van der Waals surface area contributed by atoms with E-state index in [2.05, 4.69) is 4.98 Å². The Morgan fingerprint density at radius 1 is 1.10 bits per heavy atom. The summed E-state index contributed by atoms with van der Waals surface area (Å²) in [7, 11) is -3.21. The van der Waals surface area contributed by atoms with Crippen LogP contribution in [0.15, 0.2) is 47.4 Å². The van der Waals surface area contributed by atoms with Gasteiger partial charge in [0.05, 0.1) is 15.9 Å². The molecule has 1 aromatic heterocycles. The summed E-state index contributed by atoms with van der Waals surface area (Å²) in [6, 6.07) is 12.5. The largest absolute Gasteiger partial charge is 0.369 e. The first-order valence-corrected chi connectivity index (χ1v) is 8.31. The highest BCUT2D eigenvalue weighted by Crippen LogP contribution is 2.26. The second-order valence-electron chi connectivity index (χ2n) is 5.01. The first-order chi connectivity index (χ1) is 9.88. The van der Waals surface area contributed by atoms with Gasteiger partial charge in [0.25, 0.3) is 0 Å². The summed E-state index contributed by atoms with van der Waals surface area (Å²) in [6.07, 6.45) is 1.19. The van der Waals surface area contributed by atoms with E-state index in [4.69, 9.17) is 5.73 Å². The van der Waals surface area contributed by atoms with Gasteiger partial charge in [0.1, 0.15) is 0 Å². The number of sulfone groups is 1. The summed E-state index contributed by atoms with van der Waals surface area (Å²) in [5.41, 5.74) is 9.61. The number of fused-ring (bicyclic) bond motifs is 1. The number of hydrogen-bond donors (Lipinski definition) is 1. The van der Waals surface area contributed by atoms with Crippen molar-refractivity contribution in [2.75, 3.05) is 12.0 Å². The monoisotopic (exact) mass is 301 g/mol. The van der Waals surface area contributed by atoms with Gasteiger partial charge in [0.15, 0.2) is 9.84 Å². The smallest absolute Gasteiger partial charge is 0.205 e. The fourth-order valence-electron chi connectivity index (χ4n) is 2.42. The van der Waals surface area contributed by atoms with Crippen LogP contribution in [0, 0.1) is 6.92 Å². The van der Waals surface area contributed by atoms with E-state index < -0.39 is 9.84 Å². The van der Waals surface area contributed by atoms with Gasteiger partial charge < -0.3 is 5.73 Å². The molecule has 0 aliphatic carbocycles. The zero-order valence-corrected chi connectivity index (χ0v) is 12.6. The maximum atomic E-state index is 11.5. The second-order valence-corrected chi connectivity index (χ2v) is 7.03. The lowest BCUT2D eigenvalue weighted by molar-refractivity contribution is 0.602. The summed E-state index contributed by atoms with van der Waals surface area (Å²) < 4.78 is 24.9. The number of benzene rings is 2. The normalized spacial score (nSPS) is 11.9. The minimum Gasteiger partial charge on any atom is -0.369 e. The number of aryl methyl sites for hydroxylation is 1. The molecule has 0 saturated heterocycles. The molecule has 0 bridgehead atoms. The number of anilines is 1. The summed E-state index contributed by atoms with van der Waals surface area (Å²) in [5, 5.41) is 0. The first kappa shape index (κ1) is 13.6. The van der Waals surface area contributed by atoms with Crippen molar-refractivity contribution in [1.29, 1.82) is 0 Å². The van der Waals surface area contributed by atoms with Crippen LogP contribution in [0.5, 0.6) is 0 Å². The molecule has 21 heavy (non-hydrogen) atoms. The van der Waals surface area contributed by atoms with E-state index in [1.807, 2.05) is 29.7 Å². The van der Waals surface area contributed by atoms with Crippen molar-refractivity contribution < 1.29 is 8.42 Å². The summed E-state index contributed by atoms with van der Waals surface area (Å²) in [6.45, 7) is 1.99. The number of nitrogens with zero attached hydrogens (tertiary/aromatic N) is 2. The van der Waals surface area contributed by atoms with E-state index in [-0.39, 0.29) is 4.90 Å². The minimum atomic E-state index is -3.21. The number of imidazole rings is 1. The Kier molecular flexibility index (Phi) is 2.98. The second kappa shape index (κ2) is 4.60. The fraction of sp³-hybridized carbons (Fsp3) is 0.133. The molecule has 0 amide bonds. The average Bonchev–Trinajstić information content (AvgIpc) is 2.75. The maximum absolute atomic E-state index is 11.5. The summed E-state index contributed by atoms with van der Waals surface area (Å²) in [4.78, 5) is 4.63. The average molecular weight is 301 g/mol. The maximum Gasteiger partial charge on any atom is 0.205 e. The highest BCUT2D eigenvalue weighted by Gasteiger charge is 2.13. The third-order valence-electron chi connectivity index (χ3n) is 3.43. The van der Waals surface area contributed by atoms with Gasteiger partial charge in [-0.05, 0) is 42.8 Å². The summed E-state index contributed by atoms with van der Waals surface area (Å²) in [5.74, 6) is 0.381. The molecule has 0 radical (unpaired) electrons. The zero-order valence-electron chi connectivity index (χ0n) is 11.7. The quantitative estimate of drug-likeness (QED) is 0.788. The highest BCUT2D eigenvalue weighted by atomic mass is 32.2. The van der Waals surface area contributed by atoms with Gasteiger partial charge in [-0.3, -0.25) is 4.57 Å². The highest BCUT2D eigenvalue weighted by molar-refractivity contribution is 7.90. The molecule has 0 spiro atoms. The molecular formula is C15H15N3O2S. The van der Waals surface area contributed by atoms with Gasteiger partial charge in [-0.15, -0.1) is 0 Å². The molecule has 3 aromatic rings. The lowest BCUT2D eigenvalue weighted by Crippen LogP contribution is -2.02. The van der Waals surface area contributed by atoms with E-state index in [1.165, 1.54) is 6.26 Å². The Morgan fingerprint density at radius 2 is 1.76 bits per heavy atom. The van der Waals surface area contributed by atoms with Crippen molar-refractivity contribution in [3.8, 4) is 5.69 Å². The van der Waals surface area contributed by atoms with Gasteiger partial charge in [-0.25, -0.2) is 13.4 Å². The molecule has 2 N–H and O–H groups in total. The van der Waals surface area contributed by atoms with Crippen molar-refractivity contribution in [3.63, 3.8) is 0 Å². The molecule has 108 valence electrons. The molecule has 0 aliphatic heterocycles. The van der Waals surface area contributed by atoms with Crippen LogP contribution in [0.3, 0.4) is 0 Å². The Balaban J connectivity index is 2.24. The van der Waals surface area contributed by atoms with Gasteiger partial charge in [-0.2, -0.15) is 0 Å². The molecule has 0 unspecified atom stereocenters. The van der Waals surface area contributed by atoms with Crippen LogP contribution in [0.2, 0.25) is 0 Å². The number of nitrogens with two attached hydrogens (primary N) is 1. The number of para-hydroxylation sites is 1.